The Hall–Kier alpha value is -2.70. The molecular weight excluding hydrogens is 332 g/mol. The fraction of sp³-hybridized carbons (Fsp3) is 0.300. The van der Waals surface area contributed by atoms with E-state index >= 15 is 0 Å². The van der Waals surface area contributed by atoms with Gasteiger partial charge in [-0.1, -0.05) is 61.0 Å². The number of carbonyl (C=O) groups is 2. The zero-order valence-electron chi connectivity index (χ0n) is 14.7. The Labute approximate surface area is 153 Å². The summed E-state index contributed by atoms with van der Waals surface area (Å²) in [5.74, 6) is -1.74. The van der Waals surface area contributed by atoms with Gasteiger partial charge in [0.1, 0.15) is 6.04 Å². The molecule has 2 rings (SSSR count). The molecule has 0 aliphatic carbocycles. The van der Waals surface area contributed by atoms with Gasteiger partial charge >= 0.3 is 11.9 Å². The molecule has 0 amide bonds. The zero-order valence-corrected chi connectivity index (χ0v) is 14.7. The number of hydrogen-bond donors (Lipinski definition) is 4. The van der Waals surface area contributed by atoms with E-state index in [0.29, 0.717) is 13.0 Å². The smallest absolute Gasteiger partial charge is 0.320 e. The minimum Gasteiger partial charge on any atom is -0.481 e. The van der Waals surface area contributed by atoms with Gasteiger partial charge in [-0.2, -0.15) is 0 Å². The van der Waals surface area contributed by atoms with Crippen molar-refractivity contribution in [1.29, 1.82) is 0 Å². The van der Waals surface area contributed by atoms with Gasteiger partial charge in [-0.25, -0.2) is 0 Å². The molecule has 1 atom stereocenters. The van der Waals surface area contributed by atoms with Crippen LogP contribution in [0.5, 0.6) is 0 Å². The molecule has 0 heterocycles. The third-order valence-corrected chi connectivity index (χ3v) is 3.73. The molecule has 0 fully saturated rings. The highest BCUT2D eigenvalue weighted by Crippen LogP contribution is 2.23. The fourth-order valence-corrected chi connectivity index (χ4v) is 2.37. The van der Waals surface area contributed by atoms with Crippen molar-refractivity contribution in [3.63, 3.8) is 0 Å². The summed E-state index contributed by atoms with van der Waals surface area (Å²) in [6.45, 7) is 0.604. The van der Waals surface area contributed by atoms with Gasteiger partial charge in [-0.15, -0.1) is 0 Å². The lowest BCUT2D eigenvalue weighted by Crippen LogP contribution is -2.29. The van der Waals surface area contributed by atoms with Gasteiger partial charge in [0.05, 0.1) is 6.42 Å². The first-order valence-corrected chi connectivity index (χ1v) is 8.49. The second-order valence-electron chi connectivity index (χ2n) is 5.82. The van der Waals surface area contributed by atoms with Crippen LogP contribution in [0, 0.1) is 0 Å². The predicted molar refractivity (Wildman–Crippen MR) is 102 cm³/mol. The first-order valence-electron chi connectivity index (χ1n) is 8.49. The second kappa shape index (κ2) is 11.8. The van der Waals surface area contributed by atoms with Gasteiger partial charge in [0, 0.05) is 0 Å². The summed E-state index contributed by atoms with van der Waals surface area (Å²) in [7, 11) is 0. The number of carboxylic acid groups (broad SMARTS) is 2. The summed E-state index contributed by atoms with van der Waals surface area (Å²) >= 11 is 0. The van der Waals surface area contributed by atoms with Crippen molar-refractivity contribution >= 4 is 11.9 Å². The zero-order chi connectivity index (χ0) is 19.4. The van der Waals surface area contributed by atoms with Crippen LogP contribution in [0.25, 0.3) is 11.1 Å². The summed E-state index contributed by atoms with van der Waals surface area (Å²) in [6, 6.07) is 16.7. The topological polar surface area (TPSA) is 127 Å². The molecule has 26 heavy (non-hydrogen) atoms. The second-order valence-corrected chi connectivity index (χ2v) is 5.82. The van der Waals surface area contributed by atoms with Crippen LogP contribution in [-0.4, -0.2) is 34.7 Å². The monoisotopic (exact) mass is 358 g/mol. The first kappa shape index (κ1) is 21.3. The van der Waals surface area contributed by atoms with Crippen molar-refractivity contribution in [2.75, 3.05) is 6.54 Å². The van der Waals surface area contributed by atoms with Gasteiger partial charge in [-0.05, 0) is 36.1 Å². The van der Waals surface area contributed by atoms with E-state index in [1.54, 1.807) is 0 Å². The maximum absolute atomic E-state index is 10.8. The van der Waals surface area contributed by atoms with Crippen LogP contribution in [-0.2, 0) is 16.0 Å². The minimum atomic E-state index is -0.933. The van der Waals surface area contributed by atoms with Gasteiger partial charge in [0.15, 0.2) is 0 Å². The van der Waals surface area contributed by atoms with E-state index < -0.39 is 18.0 Å². The number of hydrogen-bond acceptors (Lipinski definition) is 4. The number of rotatable bonds is 8. The normalized spacial score (nSPS) is 11.2. The maximum Gasteiger partial charge on any atom is 0.320 e. The number of unbranched alkanes of at least 4 members (excludes halogenated alkanes) is 1. The van der Waals surface area contributed by atoms with Gasteiger partial charge in [-0.3, -0.25) is 9.59 Å². The van der Waals surface area contributed by atoms with Crippen LogP contribution < -0.4 is 11.5 Å². The molecular formula is C20H26N2O4. The quantitative estimate of drug-likeness (QED) is 0.537. The van der Waals surface area contributed by atoms with Crippen LogP contribution >= 0.6 is 0 Å². The molecule has 0 radical (unpaired) electrons. The average molecular weight is 358 g/mol. The Morgan fingerprint density at radius 2 is 1.54 bits per heavy atom. The van der Waals surface area contributed by atoms with E-state index in [1.807, 2.05) is 54.6 Å². The van der Waals surface area contributed by atoms with Crippen LogP contribution in [0.15, 0.2) is 54.6 Å². The van der Waals surface area contributed by atoms with Crippen molar-refractivity contribution in [3.05, 3.63) is 60.2 Å². The van der Waals surface area contributed by atoms with E-state index in [4.69, 9.17) is 21.7 Å². The van der Waals surface area contributed by atoms with E-state index in [2.05, 4.69) is 0 Å². The molecule has 6 heteroatoms. The van der Waals surface area contributed by atoms with Crippen molar-refractivity contribution in [3.8, 4) is 11.1 Å². The predicted octanol–water partition coefficient (Wildman–Crippen LogP) is 2.51. The standard InChI is InChI=1S/C14H12O2.C6H14N2O2/c15-14(16)10-12-8-4-5-9-13(12)11-6-2-1-3-7-11;7-4-2-1-3-5(8)6(9)10/h1-9H,10H2,(H,15,16);5H,1-4,7-8H2,(H,9,10). The Morgan fingerprint density at radius 3 is 2.12 bits per heavy atom. The first-order chi connectivity index (χ1) is 12.5. The average Bonchev–Trinajstić information content (AvgIpc) is 2.63. The lowest BCUT2D eigenvalue weighted by Gasteiger charge is -2.07. The van der Waals surface area contributed by atoms with Crippen LogP contribution in [0.1, 0.15) is 24.8 Å². The lowest BCUT2D eigenvalue weighted by atomic mass is 9.98. The van der Waals surface area contributed by atoms with Crippen molar-refractivity contribution in [1.82, 2.24) is 0 Å². The molecule has 0 aliphatic rings. The highest BCUT2D eigenvalue weighted by atomic mass is 16.4. The minimum absolute atomic E-state index is 0.0606. The highest BCUT2D eigenvalue weighted by Gasteiger charge is 2.09. The Morgan fingerprint density at radius 1 is 0.923 bits per heavy atom. The van der Waals surface area contributed by atoms with Crippen molar-refractivity contribution in [2.45, 2.75) is 31.7 Å². The number of nitrogens with two attached hydrogens (primary N) is 2. The summed E-state index contributed by atoms with van der Waals surface area (Å²) in [4.78, 5) is 20.9. The summed E-state index contributed by atoms with van der Waals surface area (Å²) in [5, 5.41) is 17.2. The molecule has 2 aromatic carbocycles. The van der Waals surface area contributed by atoms with Crippen LogP contribution in [0.4, 0.5) is 0 Å². The van der Waals surface area contributed by atoms with Gasteiger partial charge in [0.25, 0.3) is 0 Å². The number of benzene rings is 2. The molecule has 0 aliphatic heterocycles. The van der Waals surface area contributed by atoms with Crippen molar-refractivity contribution < 1.29 is 19.8 Å². The molecule has 140 valence electrons. The largest absolute Gasteiger partial charge is 0.481 e. The molecule has 0 saturated carbocycles. The summed E-state index contributed by atoms with van der Waals surface area (Å²) in [5.41, 5.74) is 13.3. The molecule has 0 aromatic heterocycles. The van der Waals surface area contributed by atoms with E-state index in [9.17, 15) is 9.59 Å². The van der Waals surface area contributed by atoms with Crippen molar-refractivity contribution in [2.24, 2.45) is 11.5 Å². The molecule has 0 spiro atoms. The molecule has 1 unspecified atom stereocenters. The van der Waals surface area contributed by atoms with E-state index in [-0.39, 0.29) is 6.42 Å². The number of carboxylic acids is 2. The summed E-state index contributed by atoms with van der Waals surface area (Å²) in [6.07, 6.45) is 2.22. The molecule has 6 N–H and O–H groups in total. The van der Waals surface area contributed by atoms with Gasteiger partial charge < -0.3 is 21.7 Å². The molecule has 2 aromatic rings. The fourth-order valence-electron chi connectivity index (χ4n) is 2.37. The number of aliphatic carboxylic acids is 2. The Bertz CT molecular complexity index is 689. The van der Waals surface area contributed by atoms with Crippen LogP contribution in [0.2, 0.25) is 0 Å². The van der Waals surface area contributed by atoms with Gasteiger partial charge in [0.2, 0.25) is 0 Å². The molecule has 0 saturated heterocycles. The third-order valence-electron chi connectivity index (χ3n) is 3.73. The van der Waals surface area contributed by atoms with Crippen LogP contribution in [0.3, 0.4) is 0 Å². The SMILES string of the molecule is NCCCCC(N)C(=O)O.O=C(O)Cc1ccccc1-c1ccccc1. The highest BCUT2D eigenvalue weighted by molar-refractivity contribution is 5.76. The third kappa shape index (κ3) is 7.92. The Balaban J connectivity index is 0.000000294. The van der Waals surface area contributed by atoms with E-state index in [1.165, 1.54) is 0 Å². The molecule has 6 nitrogen and oxygen atoms in total. The summed E-state index contributed by atoms with van der Waals surface area (Å²) < 4.78 is 0. The van der Waals surface area contributed by atoms with E-state index in [0.717, 1.165) is 29.5 Å². The lowest BCUT2D eigenvalue weighted by molar-refractivity contribution is -0.139. The Kier molecular flexibility index (Phi) is 9.67. The maximum atomic E-state index is 10.8. The molecule has 0 bridgehead atoms.